The molecule has 1 aliphatic heterocycles. The number of para-hydroxylation sites is 1. The summed E-state index contributed by atoms with van der Waals surface area (Å²) in [6, 6.07) is 5.89. The van der Waals surface area contributed by atoms with Crippen molar-refractivity contribution in [2.24, 2.45) is 0 Å². The van der Waals surface area contributed by atoms with Crippen molar-refractivity contribution in [1.82, 2.24) is 29.4 Å². The standard InChI is InChI=1S/C25H31N7O4/c1-16(2)23-19(12-26-25-27-15-28-32(23)25)24(35)36-14-21(34)31-10-8-30(9-11-31)13-20(33)29-22-17(3)6-5-7-18(22)4/h5-7,12,15-16H,8-11,13-14H2,1-4H3,(H,29,33). The Morgan fingerprint density at radius 2 is 1.75 bits per heavy atom. The molecule has 1 N–H and O–H groups in total. The van der Waals surface area contributed by atoms with Crippen molar-refractivity contribution in [1.29, 1.82) is 0 Å². The Labute approximate surface area is 209 Å². The molecule has 2 aromatic heterocycles. The van der Waals surface area contributed by atoms with Gasteiger partial charge in [0.2, 0.25) is 5.91 Å². The van der Waals surface area contributed by atoms with Crippen LogP contribution in [0.4, 0.5) is 5.69 Å². The van der Waals surface area contributed by atoms with Gasteiger partial charge in [-0.1, -0.05) is 32.0 Å². The average Bonchev–Trinajstić information content (AvgIpc) is 3.33. The van der Waals surface area contributed by atoms with Gasteiger partial charge in [-0.3, -0.25) is 14.5 Å². The van der Waals surface area contributed by atoms with Gasteiger partial charge >= 0.3 is 5.97 Å². The molecule has 1 fully saturated rings. The van der Waals surface area contributed by atoms with E-state index >= 15 is 0 Å². The number of nitrogens with one attached hydrogen (secondary N) is 1. The van der Waals surface area contributed by atoms with Crippen molar-refractivity contribution in [3.05, 3.63) is 53.1 Å². The number of aromatic nitrogens is 4. The molecule has 0 aliphatic carbocycles. The fraction of sp³-hybridized carbons (Fsp3) is 0.440. The first-order valence-corrected chi connectivity index (χ1v) is 12.0. The zero-order valence-electron chi connectivity index (χ0n) is 21.0. The number of nitrogens with zero attached hydrogens (tertiary/aromatic N) is 6. The number of hydrogen-bond acceptors (Lipinski definition) is 8. The number of carbonyl (C=O) groups is 3. The fourth-order valence-electron chi connectivity index (χ4n) is 4.35. The molecule has 3 aromatic rings. The molecule has 1 aliphatic rings. The summed E-state index contributed by atoms with van der Waals surface area (Å²) in [5.74, 6) is -0.620. The number of rotatable bonds is 7. The molecule has 0 spiro atoms. The molecule has 11 nitrogen and oxygen atoms in total. The molecule has 0 unspecified atom stereocenters. The van der Waals surface area contributed by atoms with Gasteiger partial charge in [-0.15, -0.1) is 0 Å². The largest absolute Gasteiger partial charge is 0.452 e. The summed E-state index contributed by atoms with van der Waals surface area (Å²) in [5.41, 5.74) is 3.77. The molecular weight excluding hydrogens is 462 g/mol. The minimum absolute atomic E-state index is 0.0320. The SMILES string of the molecule is Cc1cccc(C)c1NC(=O)CN1CCN(C(=O)COC(=O)c2cnc3ncnn3c2C(C)C)CC1. The Bertz CT molecular complexity index is 1260. The molecular formula is C25H31N7O4. The Morgan fingerprint density at radius 1 is 1.06 bits per heavy atom. The molecule has 11 heteroatoms. The van der Waals surface area contributed by atoms with Gasteiger partial charge in [0.25, 0.3) is 11.7 Å². The number of carbonyl (C=O) groups excluding carboxylic acids is 3. The minimum Gasteiger partial charge on any atom is -0.452 e. The second-order valence-electron chi connectivity index (χ2n) is 9.23. The number of anilines is 1. The Morgan fingerprint density at radius 3 is 2.42 bits per heavy atom. The number of esters is 1. The molecule has 1 aromatic carbocycles. The van der Waals surface area contributed by atoms with Crippen LogP contribution >= 0.6 is 0 Å². The topological polar surface area (TPSA) is 122 Å². The quantitative estimate of drug-likeness (QED) is 0.495. The van der Waals surface area contributed by atoms with E-state index in [0.717, 1.165) is 16.8 Å². The molecule has 3 heterocycles. The van der Waals surface area contributed by atoms with E-state index in [-0.39, 0.29) is 36.4 Å². The Hall–Kier alpha value is -3.86. The molecule has 0 radical (unpaired) electrons. The normalized spacial score (nSPS) is 14.3. The van der Waals surface area contributed by atoms with Crippen LogP contribution in [0.1, 0.15) is 46.9 Å². The second-order valence-corrected chi connectivity index (χ2v) is 9.23. The lowest BCUT2D eigenvalue weighted by molar-refractivity contribution is -0.136. The highest BCUT2D eigenvalue weighted by Crippen LogP contribution is 2.21. The third-order valence-electron chi connectivity index (χ3n) is 6.27. The van der Waals surface area contributed by atoms with Gasteiger partial charge in [0, 0.05) is 38.1 Å². The molecule has 2 amide bonds. The number of fused-ring (bicyclic) bond motifs is 1. The van der Waals surface area contributed by atoms with E-state index < -0.39 is 5.97 Å². The maximum Gasteiger partial charge on any atom is 0.342 e. The summed E-state index contributed by atoms with van der Waals surface area (Å²) in [7, 11) is 0. The van der Waals surface area contributed by atoms with Gasteiger partial charge < -0.3 is 15.0 Å². The lowest BCUT2D eigenvalue weighted by Crippen LogP contribution is -2.51. The molecule has 1 saturated heterocycles. The van der Waals surface area contributed by atoms with Gasteiger partial charge in [-0.05, 0) is 30.9 Å². The van der Waals surface area contributed by atoms with Crippen LogP contribution in [-0.4, -0.2) is 86.5 Å². The van der Waals surface area contributed by atoms with Crippen LogP contribution in [0.3, 0.4) is 0 Å². The van der Waals surface area contributed by atoms with E-state index in [2.05, 4.69) is 20.4 Å². The zero-order valence-corrected chi connectivity index (χ0v) is 21.0. The minimum atomic E-state index is -0.626. The predicted octanol–water partition coefficient (Wildman–Crippen LogP) is 1.80. The second kappa shape index (κ2) is 10.8. The van der Waals surface area contributed by atoms with E-state index in [9.17, 15) is 14.4 Å². The monoisotopic (exact) mass is 493 g/mol. The van der Waals surface area contributed by atoms with Crippen molar-refractivity contribution in [3.63, 3.8) is 0 Å². The first kappa shape index (κ1) is 25.2. The van der Waals surface area contributed by atoms with E-state index in [0.29, 0.717) is 37.7 Å². The van der Waals surface area contributed by atoms with Crippen molar-refractivity contribution >= 4 is 29.2 Å². The Kier molecular flexibility index (Phi) is 7.58. The molecule has 0 atom stereocenters. The maximum absolute atomic E-state index is 12.7. The molecule has 190 valence electrons. The zero-order chi connectivity index (χ0) is 25.8. The predicted molar refractivity (Wildman–Crippen MR) is 133 cm³/mol. The van der Waals surface area contributed by atoms with Crippen LogP contribution in [0.15, 0.2) is 30.7 Å². The number of aryl methyl sites for hydroxylation is 2. The first-order valence-electron chi connectivity index (χ1n) is 12.0. The molecule has 0 bridgehead atoms. The van der Waals surface area contributed by atoms with Crippen molar-refractivity contribution < 1.29 is 19.1 Å². The van der Waals surface area contributed by atoms with Gasteiger partial charge in [0.1, 0.15) is 6.33 Å². The summed E-state index contributed by atoms with van der Waals surface area (Å²) in [5, 5.41) is 7.13. The van der Waals surface area contributed by atoms with Crippen molar-refractivity contribution in [2.45, 2.75) is 33.6 Å². The van der Waals surface area contributed by atoms with Crippen LogP contribution < -0.4 is 5.32 Å². The summed E-state index contributed by atoms with van der Waals surface area (Å²) < 4.78 is 6.84. The van der Waals surface area contributed by atoms with Crippen LogP contribution in [0.2, 0.25) is 0 Å². The van der Waals surface area contributed by atoms with Crippen molar-refractivity contribution in [3.8, 4) is 0 Å². The van der Waals surface area contributed by atoms with Crippen LogP contribution in [-0.2, 0) is 14.3 Å². The van der Waals surface area contributed by atoms with Crippen molar-refractivity contribution in [2.75, 3.05) is 44.6 Å². The lowest BCUT2D eigenvalue weighted by atomic mass is 10.1. The summed E-state index contributed by atoms with van der Waals surface area (Å²) in [6.07, 6.45) is 2.79. The fourth-order valence-corrected chi connectivity index (χ4v) is 4.35. The van der Waals surface area contributed by atoms with Gasteiger partial charge in [-0.25, -0.2) is 14.3 Å². The number of amides is 2. The highest BCUT2D eigenvalue weighted by atomic mass is 16.5. The highest BCUT2D eigenvalue weighted by molar-refractivity contribution is 5.94. The third kappa shape index (κ3) is 5.51. The molecule has 0 saturated carbocycles. The summed E-state index contributed by atoms with van der Waals surface area (Å²) in [6.45, 7) is 9.71. The third-order valence-corrected chi connectivity index (χ3v) is 6.27. The summed E-state index contributed by atoms with van der Waals surface area (Å²) >= 11 is 0. The Balaban J connectivity index is 1.27. The first-order chi connectivity index (χ1) is 17.2. The lowest BCUT2D eigenvalue weighted by Gasteiger charge is -2.34. The average molecular weight is 494 g/mol. The highest BCUT2D eigenvalue weighted by Gasteiger charge is 2.25. The summed E-state index contributed by atoms with van der Waals surface area (Å²) in [4.78, 5) is 49.8. The maximum atomic E-state index is 12.7. The number of hydrogen-bond donors (Lipinski definition) is 1. The van der Waals surface area contributed by atoms with E-state index in [1.165, 1.54) is 17.0 Å². The number of benzene rings is 1. The van der Waals surface area contributed by atoms with Crippen LogP contribution in [0.5, 0.6) is 0 Å². The van der Waals surface area contributed by atoms with Crippen LogP contribution in [0.25, 0.3) is 5.78 Å². The van der Waals surface area contributed by atoms with Gasteiger partial charge in [-0.2, -0.15) is 10.1 Å². The van der Waals surface area contributed by atoms with E-state index in [1.54, 1.807) is 4.90 Å². The number of ether oxygens (including phenoxy) is 1. The smallest absolute Gasteiger partial charge is 0.342 e. The van der Waals surface area contributed by atoms with Gasteiger partial charge in [0.05, 0.1) is 17.8 Å². The van der Waals surface area contributed by atoms with Gasteiger partial charge in [0.15, 0.2) is 6.61 Å². The van der Waals surface area contributed by atoms with E-state index in [4.69, 9.17) is 4.74 Å². The number of piperazine rings is 1. The molecule has 36 heavy (non-hydrogen) atoms. The van der Waals surface area contributed by atoms with E-state index in [1.807, 2.05) is 50.8 Å². The van der Waals surface area contributed by atoms with Crippen LogP contribution in [0, 0.1) is 13.8 Å². The molecule has 4 rings (SSSR count).